The van der Waals surface area contributed by atoms with Crippen LogP contribution < -0.4 is 10.7 Å². The highest BCUT2D eigenvalue weighted by Gasteiger charge is 2.38. The average molecular weight is 418 g/mol. The number of nitro benzene ring substituents is 1. The number of phenols is 1. The predicted molar refractivity (Wildman–Crippen MR) is 108 cm³/mol. The number of hydrazine groups is 1. The lowest BCUT2D eigenvalue weighted by molar-refractivity contribution is -0.384. The molecular weight excluding hydrogens is 404 g/mol. The number of non-ortho nitro benzene ring substituents is 1. The summed E-state index contributed by atoms with van der Waals surface area (Å²) in [5.74, 6) is -1.27. The molecule has 0 spiro atoms. The molecule has 2 aromatic carbocycles. The smallest absolute Gasteiger partial charge is 0.273 e. The van der Waals surface area contributed by atoms with Gasteiger partial charge in [0.2, 0.25) is 0 Å². The number of rotatable bonds is 6. The molecule has 1 atom stereocenters. The van der Waals surface area contributed by atoms with Crippen molar-refractivity contribution in [1.82, 2.24) is 10.4 Å². The Hall–Kier alpha value is -3.18. The highest BCUT2D eigenvalue weighted by atomic mass is 32.2. The molecule has 1 saturated heterocycles. The molecule has 0 bridgehead atoms. The fourth-order valence-corrected chi connectivity index (χ4v) is 3.77. The number of nitrogens with one attached hydrogen (secondary N) is 2. The van der Waals surface area contributed by atoms with Crippen LogP contribution >= 0.6 is 24.0 Å². The first-order chi connectivity index (χ1) is 13.4. The second kappa shape index (κ2) is 8.23. The van der Waals surface area contributed by atoms with E-state index in [0.717, 1.165) is 16.8 Å². The number of thiocarbonyl (C=S) groups is 1. The first-order valence-electron chi connectivity index (χ1n) is 7.98. The Bertz CT molecular complexity index is 951. The van der Waals surface area contributed by atoms with Crippen molar-refractivity contribution in [3.63, 3.8) is 0 Å². The van der Waals surface area contributed by atoms with Crippen molar-refractivity contribution in [1.29, 1.82) is 0 Å². The molecule has 1 aliphatic rings. The van der Waals surface area contributed by atoms with Gasteiger partial charge in [-0.15, -0.1) is 0 Å². The highest BCUT2D eigenvalue weighted by molar-refractivity contribution is 8.24. The third kappa shape index (κ3) is 4.21. The van der Waals surface area contributed by atoms with Crippen molar-refractivity contribution in [2.75, 3.05) is 11.9 Å². The normalized spacial score (nSPS) is 16.1. The molecule has 144 valence electrons. The summed E-state index contributed by atoms with van der Waals surface area (Å²) in [5.41, 5.74) is 3.01. The Kier molecular flexibility index (Phi) is 5.76. The lowest BCUT2D eigenvalue weighted by atomic mass is 10.2. The summed E-state index contributed by atoms with van der Waals surface area (Å²) < 4.78 is 0.185. The van der Waals surface area contributed by atoms with Crippen LogP contribution in [0.4, 0.5) is 11.4 Å². The van der Waals surface area contributed by atoms with Crippen LogP contribution in [0.5, 0.6) is 5.75 Å². The topological polar surface area (TPSA) is 125 Å². The fraction of sp³-hybridized carbons (Fsp3) is 0.118. The summed E-state index contributed by atoms with van der Waals surface area (Å²) in [7, 11) is 0. The van der Waals surface area contributed by atoms with Crippen LogP contribution in [-0.4, -0.2) is 43.0 Å². The SMILES string of the molecule is O=C(NN1C(=O)C(CNc2ccc([N+](=O)[O-])cc2)SC1=S)c1ccccc1O. The van der Waals surface area contributed by atoms with Crippen LogP contribution in [0.1, 0.15) is 10.4 Å². The summed E-state index contributed by atoms with van der Waals surface area (Å²) in [6.45, 7) is 0.213. The maximum absolute atomic E-state index is 12.5. The van der Waals surface area contributed by atoms with E-state index in [1.165, 1.54) is 36.4 Å². The minimum Gasteiger partial charge on any atom is -0.507 e. The van der Waals surface area contributed by atoms with E-state index < -0.39 is 22.0 Å². The predicted octanol–water partition coefficient (Wildman–Crippen LogP) is 2.29. The monoisotopic (exact) mass is 418 g/mol. The van der Waals surface area contributed by atoms with Crippen LogP contribution in [0, 0.1) is 10.1 Å². The van der Waals surface area contributed by atoms with Crippen molar-refractivity contribution >= 4 is 51.5 Å². The molecule has 1 unspecified atom stereocenters. The van der Waals surface area contributed by atoms with Crippen molar-refractivity contribution in [3.05, 3.63) is 64.2 Å². The lowest BCUT2D eigenvalue weighted by Gasteiger charge is -2.17. The summed E-state index contributed by atoms with van der Waals surface area (Å²) in [5, 5.41) is 23.8. The number of benzene rings is 2. The molecule has 1 fully saturated rings. The highest BCUT2D eigenvalue weighted by Crippen LogP contribution is 2.27. The van der Waals surface area contributed by atoms with Gasteiger partial charge in [-0.3, -0.25) is 25.1 Å². The van der Waals surface area contributed by atoms with Gasteiger partial charge < -0.3 is 10.4 Å². The van der Waals surface area contributed by atoms with Crippen molar-refractivity contribution in [3.8, 4) is 5.75 Å². The van der Waals surface area contributed by atoms with Gasteiger partial charge in [-0.1, -0.05) is 36.1 Å². The maximum Gasteiger partial charge on any atom is 0.273 e. The average Bonchev–Trinajstić information content (AvgIpc) is 2.94. The second-order valence-corrected chi connectivity index (χ2v) is 7.53. The van der Waals surface area contributed by atoms with E-state index in [1.54, 1.807) is 12.1 Å². The number of anilines is 1. The Balaban J connectivity index is 1.61. The van der Waals surface area contributed by atoms with Crippen molar-refractivity contribution in [2.24, 2.45) is 0 Å². The molecule has 0 aromatic heterocycles. The summed E-state index contributed by atoms with van der Waals surface area (Å²) in [4.78, 5) is 35.0. The van der Waals surface area contributed by atoms with Gasteiger partial charge in [0, 0.05) is 24.4 Å². The van der Waals surface area contributed by atoms with Gasteiger partial charge in [0.1, 0.15) is 11.0 Å². The minimum atomic E-state index is -0.654. The van der Waals surface area contributed by atoms with E-state index >= 15 is 0 Å². The summed E-state index contributed by atoms with van der Waals surface area (Å²) in [6, 6.07) is 11.7. The fourth-order valence-electron chi connectivity index (χ4n) is 2.43. The molecule has 1 heterocycles. The van der Waals surface area contributed by atoms with Crippen LogP contribution in [0.25, 0.3) is 0 Å². The van der Waals surface area contributed by atoms with E-state index in [4.69, 9.17) is 12.2 Å². The summed E-state index contributed by atoms with van der Waals surface area (Å²) in [6.07, 6.45) is 0. The van der Waals surface area contributed by atoms with E-state index in [1.807, 2.05) is 0 Å². The van der Waals surface area contributed by atoms with Gasteiger partial charge in [0.05, 0.1) is 10.5 Å². The molecule has 0 radical (unpaired) electrons. The van der Waals surface area contributed by atoms with Crippen LogP contribution in [0.3, 0.4) is 0 Å². The van der Waals surface area contributed by atoms with Crippen molar-refractivity contribution < 1.29 is 19.6 Å². The molecule has 3 N–H and O–H groups in total. The van der Waals surface area contributed by atoms with E-state index in [9.17, 15) is 24.8 Å². The third-order valence-electron chi connectivity index (χ3n) is 3.85. The quantitative estimate of drug-likeness (QED) is 0.371. The number of para-hydroxylation sites is 1. The number of nitro groups is 1. The summed E-state index contributed by atoms with van der Waals surface area (Å²) >= 11 is 6.27. The molecular formula is C17H14N4O5S2. The Morgan fingerprint density at radius 1 is 1.25 bits per heavy atom. The minimum absolute atomic E-state index is 0.0237. The van der Waals surface area contributed by atoms with Gasteiger partial charge in [-0.25, -0.2) is 5.01 Å². The molecule has 2 amide bonds. The second-order valence-electron chi connectivity index (χ2n) is 5.69. The van der Waals surface area contributed by atoms with Gasteiger partial charge in [0.15, 0.2) is 4.32 Å². The number of hydrogen-bond donors (Lipinski definition) is 3. The first kappa shape index (κ1) is 19.6. The van der Waals surface area contributed by atoms with Crippen molar-refractivity contribution in [2.45, 2.75) is 5.25 Å². The number of phenolic OH excluding ortho intramolecular Hbond substituents is 1. The van der Waals surface area contributed by atoms with Gasteiger partial charge >= 0.3 is 0 Å². The number of carbonyl (C=O) groups excluding carboxylic acids is 2. The Morgan fingerprint density at radius 2 is 1.93 bits per heavy atom. The van der Waals surface area contributed by atoms with Crippen LogP contribution in [0.2, 0.25) is 0 Å². The zero-order valence-corrected chi connectivity index (χ0v) is 15.8. The number of nitrogens with zero attached hydrogens (tertiary/aromatic N) is 2. The Labute approximate surface area is 168 Å². The van der Waals surface area contributed by atoms with E-state index in [-0.39, 0.29) is 27.9 Å². The zero-order chi connectivity index (χ0) is 20.3. The van der Waals surface area contributed by atoms with E-state index in [2.05, 4.69) is 10.7 Å². The first-order valence-corrected chi connectivity index (χ1v) is 9.27. The molecule has 28 heavy (non-hydrogen) atoms. The van der Waals surface area contributed by atoms with E-state index in [0.29, 0.717) is 5.69 Å². The molecule has 9 nitrogen and oxygen atoms in total. The molecule has 11 heteroatoms. The lowest BCUT2D eigenvalue weighted by Crippen LogP contribution is -2.46. The number of amides is 2. The number of aromatic hydroxyl groups is 1. The zero-order valence-electron chi connectivity index (χ0n) is 14.2. The standard InChI is InChI=1S/C17H14N4O5S2/c22-13-4-2-1-3-12(13)15(23)19-20-16(24)14(28-17(20)27)9-18-10-5-7-11(8-6-10)21(25)26/h1-8,14,18,22H,9H2,(H,19,23). The van der Waals surface area contributed by atoms with Gasteiger partial charge in [-0.05, 0) is 24.3 Å². The number of carbonyl (C=O) groups is 2. The molecule has 0 aliphatic carbocycles. The maximum atomic E-state index is 12.5. The third-order valence-corrected chi connectivity index (χ3v) is 5.36. The molecule has 3 rings (SSSR count). The number of hydrogen-bond acceptors (Lipinski definition) is 8. The Morgan fingerprint density at radius 3 is 2.57 bits per heavy atom. The molecule has 2 aromatic rings. The molecule has 0 saturated carbocycles. The number of thioether (sulfide) groups is 1. The van der Waals surface area contributed by atoms with Crippen LogP contribution in [-0.2, 0) is 4.79 Å². The van der Waals surface area contributed by atoms with Gasteiger partial charge in [-0.2, -0.15) is 0 Å². The largest absolute Gasteiger partial charge is 0.507 e. The van der Waals surface area contributed by atoms with Gasteiger partial charge in [0.25, 0.3) is 17.5 Å². The molecule has 1 aliphatic heterocycles. The van der Waals surface area contributed by atoms with Crippen LogP contribution in [0.15, 0.2) is 48.5 Å².